The molecule has 106 valence electrons. The number of benzene rings is 2. The number of fused-ring (bicyclic) bond motifs is 1. The summed E-state index contributed by atoms with van der Waals surface area (Å²) in [4.78, 5) is 17.5. The van der Waals surface area contributed by atoms with Crippen LogP contribution in [0.15, 0.2) is 48.5 Å². The van der Waals surface area contributed by atoms with E-state index in [0.29, 0.717) is 0 Å². The van der Waals surface area contributed by atoms with E-state index in [-0.39, 0.29) is 5.91 Å². The molecule has 0 bridgehead atoms. The van der Waals surface area contributed by atoms with Crippen LogP contribution >= 0.6 is 11.3 Å². The highest BCUT2D eigenvalue weighted by Crippen LogP contribution is 2.28. The fourth-order valence-corrected chi connectivity index (χ4v) is 2.89. The molecule has 1 amide bonds. The first-order chi connectivity index (χ1) is 10.1. The number of thiazole rings is 1. The molecule has 0 fully saturated rings. The third-order valence-electron chi connectivity index (χ3n) is 3.27. The summed E-state index contributed by atoms with van der Waals surface area (Å²) >= 11 is 1.62. The number of hydrogen-bond acceptors (Lipinski definition) is 4. The van der Waals surface area contributed by atoms with Crippen LogP contribution in [0, 0.1) is 0 Å². The van der Waals surface area contributed by atoms with Crippen molar-refractivity contribution >= 4 is 44.0 Å². The molecule has 4 nitrogen and oxygen atoms in total. The van der Waals surface area contributed by atoms with E-state index < -0.39 is 0 Å². The molecule has 1 aromatic heterocycles. The number of nitrogens with one attached hydrogen (secondary N) is 1. The lowest BCUT2D eigenvalue weighted by Gasteiger charge is -2.15. The first kappa shape index (κ1) is 13.6. The molecule has 21 heavy (non-hydrogen) atoms. The van der Waals surface area contributed by atoms with Crippen molar-refractivity contribution in [1.29, 1.82) is 0 Å². The Morgan fingerprint density at radius 3 is 2.52 bits per heavy atom. The maximum absolute atomic E-state index is 11.3. The van der Waals surface area contributed by atoms with E-state index in [0.717, 1.165) is 26.7 Å². The zero-order valence-electron chi connectivity index (χ0n) is 11.8. The highest BCUT2D eigenvalue weighted by Gasteiger charge is 2.06. The molecule has 0 atom stereocenters. The molecule has 1 N–H and O–H groups in total. The monoisotopic (exact) mass is 297 g/mol. The van der Waals surface area contributed by atoms with Gasteiger partial charge in [0.25, 0.3) is 0 Å². The van der Waals surface area contributed by atoms with Gasteiger partial charge in [-0.1, -0.05) is 23.5 Å². The lowest BCUT2D eigenvalue weighted by Crippen LogP contribution is -2.22. The third-order valence-corrected chi connectivity index (χ3v) is 4.22. The summed E-state index contributed by atoms with van der Waals surface area (Å²) in [6.45, 7) is 1.55. The van der Waals surface area contributed by atoms with E-state index in [9.17, 15) is 4.79 Å². The Bertz CT molecular complexity index is 747. The average Bonchev–Trinajstić information content (AvgIpc) is 2.89. The van der Waals surface area contributed by atoms with E-state index in [4.69, 9.17) is 0 Å². The minimum atomic E-state index is 0.0156. The van der Waals surface area contributed by atoms with Crippen LogP contribution in [0.1, 0.15) is 6.92 Å². The summed E-state index contributed by atoms with van der Waals surface area (Å²) < 4.78 is 1.16. The molecule has 0 unspecified atom stereocenters. The molecule has 0 aliphatic heterocycles. The predicted molar refractivity (Wildman–Crippen MR) is 88.4 cm³/mol. The van der Waals surface area contributed by atoms with E-state index in [1.165, 1.54) is 0 Å². The molecule has 3 aromatic rings. The number of carbonyl (C=O) groups is 1. The molecular weight excluding hydrogens is 282 g/mol. The Labute approximate surface area is 127 Å². The molecule has 3 rings (SSSR count). The van der Waals surface area contributed by atoms with Gasteiger partial charge in [-0.25, -0.2) is 4.98 Å². The Balaban J connectivity index is 1.80. The molecular formula is C16H15N3OS. The number of hydrogen-bond donors (Lipinski definition) is 1. The van der Waals surface area contributed by atoms with Crippen molar-refractivity contribution in [2.24, 2.45) is 0 Å². The van der Waals surface area contributed by atoms with Crippen LogP contribution in [0.2, 0.25) is 0 Å². The molecule has 0 saturated heterocycles. The van der Waals surface area contributed by atoms with E-state index in [1.807, 2.05) is 42.5 Å². The first-order valence-electron chi connectivity index (χ1n) is 6.60. The van der Waals surface area contributed by atoms with Gasteiger partial charge >= 0.3 is 0 Å². The molecule has 2 aromatic carbocycles. The van der Waals surface area contributed by atoms with Gasteiger partial charge in [0.15, 0.2) is 5.13 Å². The van der Waals surface area contributed by atoms with Crippen molar-refractivity contribution in [3.8, 4) is 0 Å². The smallest absolute Gasteiger partial charge is 0.223 e. The number of amides is 1. The summed E-state index contributed by atoms with van der Waals surface area (Å²) in [6.07, 6.45) is 0. The Morgan fingerprint density at radius 2 is 1.86 bits per heavy atom. The van der Waals surface area contributed by atoms with Gasteiger partial charge in [0.05, 0.1) is 10.2 Å². The summed E-state index contributed by atoms with van der Waals surface area (Å²) in [7, 11) is 1.76. The van der Waals surface area contributed by atoms with Crippen LogP contribution in [0.25, 0.3) is 10.2 Å². The largest absolute Gasteiger partial charge is 0.332 e. The first-order valence-corrected chi connectivity index (χ1v) is 7.42. The molecule has 0 saturated carbocycles. The Kier molecular flexibility index (Phi) is 3.58. The van der Waals surface area contributed by atoms with Crippen LogP contribution < -0.4 is 10.2 Å². The summed E-state index contributed by atoms with van der Waals surface area (Å²) in [5, 5.41) is 4.16. The van der Waals surface area contributed by atoms with Crippen molar-refractivity contribution in [3.05, 3.63) is 48.5 Å². The second kappa shape index (κ2) is 5.54. The molecule has 1 heterocycles. The average molecular weight is 297 g/mol. The van der Waals surface area contributed by atoms with Crippen molar-refractivity contribution < 1.29 is 4.79 Å². The van der Waals surface area contributed by atoms with Gasteiger partial charge in [-0.15, -0.1) is 0 Å². The molecule has 0 aliphatic carbocycles. The molecule has 0 aliphatic rings. The number of aromatic nitrogens is 1. The molecule has 0 radical (unpaired) electrons. The third kappa shape index (κ3) is 2.87. The maximum atomic E-state index is 11.3. The predicted octanol–water partition coefficient (Wildman–Crippen LogP) is 4.02. The van der Waals surface area contributed by atoms with Crippen molar-refractivity contribution in [1.82, 2.24) is 4.98 Å². The SMILES string of the molecule is CC(=O)N(C)c1ccc(Nc2nc3ccccc3s2)cc1. The van der Waals surface area contributed by atoms with Crippen molar-refractivity contribution in [2.45, 2.75) is 6.92 Å². The highest BCUT2D eigenvalue weighted by molar-refractivity contribution is 7.22. The minimum Gasteiger partial charge on any atom is -0.332 e. The lowest BCUT2D eigenvalue weighted by atomic mass is 10.2. The quantitative estimate of drug-likeness (QED) is 0.794. The van der Waals surface area contributed by atoms with Gasteiger partial charge in [0.2, 0.25) is 5.91 Å². The number of nitrogens with zero attached hydrogens (tertiary/aromatic N) is 2. The fraction of sp³-hybridized carbons (Fsp3) is 0.125. The minimum absolute atomic E-state index is 0.0156. The summed E-state index contributed by atoms with van der Waals surface area (Å²) in [6, 6.07) is 15.8. The van der Waals surface area contributed by atoms with Gasteiger partial charge in [0, 0.05) is 25.3 Å². The van der Waals surface area contributed by atoms with Gasteiger partial charge < -0.3 is 10.2 Å². The summed E-state index contributed by atoms with van der Waals surface area (Å²) in [5.41, 5.74) is 2.82. The topological polar surface area (TPSA) is 45.2 Å². The second-order valence-electron chi connectivity index (χ2n) is 4.74. The van der Waals surface area contributed by atoms with Crippen LogP contribution in [-0.2, 0) is 4.79 Å². The van der Waals surface area contributed by atoms with Crippen LogP contribution in [0.5, 0.6) is 0 Å². The summed E-state index contributed by atoms with van der Waals surface area (Å²) in [5.74, 6) is 0.0156. The standard InChI is InChI=1S/C16H15N3OS/c1-11(20)19(2)13-9-7-12(8-10-13)17-16-18-14-5-3-4-6-15(14)21-16/h3-10H,1-2H3,(H,17,18). The Morgan fingerprint density at radius 1 is 1.14 bits per heavy atom. The lowest BCUT2D eigenvalue weighted by molar-refractivity contribution is -0.116. The normalized spacial score (nSPS) is 10.6. The highest BCUT2D eigenvalue weighted by atomic mass is 32.1. The fourth-order valence-electron chi connectivity index (χ4n) is 2.00. The number of para-hydroxylation sites is 1. The van der Waals surface area contributed by atoms with E-state index >= 15 is 0 Å². The van der Waals surface area contributed by atoms with Crippen LogP contribution in [-0.4, -0.2) is 17.9 Å². The van der Waals surface area contributed by atoms with Crippen molar-refractivity contribution in [3.63, 3.8) is 0 Å². The van der Waals surface area contributed by atoms with Gasteiger partial charge in [-0.2, -0.15) is 0 Å². The zero-order chi connectivity index (χ0) is 14.8. The van der Waals surface area contributed by atoms with Gasteiger partial charge in [-0.05, 0) is 36.4 Å². The Hall–Kier alpha value is -2.40. The number of carbonyl (C=O) groups excluding carboxylic acids is 1. The van der Waals surface area contributed by atoms with Gasteiger partial charge in [-0.3, -0.25) is 4.79 Å². The second-order valence-corrected chi connectivity index (χ2v) is 5.77. The van der Waals surface area contributed by atoms with Crippen molar-refractivity contribution in [2.75, 3.05) is 17.3 Å². The molecule has 5 heteroatoms. The van der Waals surface area contributed by atoms with E-state index in [1.54, 1.807) is 30.2 Å². The maximum Gasteiger partial charge on any atom is 0.223 e. The molecule has 0 spiro atoms. The van der Waals surface area contributed by atoms with E-state index in [2.05, 4.69) is 16.4 Å². The van der Waals surface area contributed by atoms with Crippen LogP contribution in [0.4, 0.5) is 16.5 Å². The van der Waals surface area contributed by atoms with Gasteiger partial charge in [0.1, 0.15) is 0 Å². The van der Waals surface area contributed by atoms with Crippen LogP contribution in [0.3, 0.4) is 0 Å². The number of anilines is 3. The number of rotatable bonds is 3. The zero-order valence-corrected chi connectivity index (χ0v) is 12.6.